The SMILES string of the molecule is CN=C(NCCNC(=O)c1ccccc1F)N(C)Cc1ncc(-c2ccccc2)[nH]1. The van der Waals surface area contributed by atoms with Crippen LogP contribution in [0.3, 0.4) is 0 Å². The van der Waals surface area contributed by atoms with Gasteiger partial charge in [0.2, 0.25) is 0 Å². The molecule has 1 aromatic heterocycles. The van der Waals surface area contributed by atoms with E-state index in [1.165, 1.54) is 12.1 Å². The first-order valence-electron chi connectivity index (χ1n) is 9.62. The fourth-order valence-corrected chi connectivity index (χ4v) is 2.98. The molecule has 3 rings (SSSR count). The summed E-state index contributed by atoms with van der Waals surface area (Å²) in [6.07, 6.45) is 1.81. The van der Waals surface area contributed by atoms with Gasteiger partial charge >= 0.3 is 0 Å². The first-order chi connectivity index (χ1) is 14.6. The van der Waals surface area contributed by atoms with Crippen LogP contribution in [0.1, 0.15) is 16.2 Å². The van der Waals surface area contributed by atoms with Crippen LogP contribution in [-0.2, 0) is 6.54 Å². The molecule has 0 atom stereocenters. The standard InChI is InChI=1S/C22H25FN6O/c1-24-22(26-13-12-25-21(30)17-10-6-7-11-18(17)23)29(2)15-20-27-14-19(28-20)16-8-4-3-5-9-16/h3-11,14H,12-13,15H2,1-2H3,(H,24,26)(H,25,30)(H,27,28). The average Bonchev–Trinajstić information content (AvgIpc) is 3.23. The Morgan fingerprint density at radius 2 is 1.80 bits per heavy atom. The number of hydrogen-bond acceptors (Lipinski definition) is 3. The molecule has 3 N–H and O–H groups in total. The number of benzene rings is 2. The molecule has 1 heterocycles. The zero-order valence-corrected chi connectivity index (χ0v) is 17.0. The van der Waals surface area contributed by atoms with Crippen molar-refractivity contribution >= 4 is 11.9 Å². The number of aliphatic imine (C=N–C) groups is 1. The van der Waals surface area contributed by atoms with Crippen molar-refractivity contribution in [2.45, 2.75) is 6.54 Å². The highest BCUT2D eigenvalue weighted by molar-refractivity contribution is 5.94. The minimum Gasteiger partial charge on any atom is -0.354 e. The maximum absolute atomic E-state index is 13.6. The summed E-state index contributed by atoms with van der Waals surface area (Å²) in [5.41, 5.74) is 2.07. The van der Waals surface area contributed by atoms with E-state index < -0.39 is 11.7 Å². The number of rotatable bonds is 7. The van der Waals surface area contributed by atoms with Crippen LogP contribution in [0.15, 0.2) is 65.8 Å². The lowest BCUT2D eigenvalue weighted by Crippen LogP contribution is -2.42. The van der Waals surface area contributed by atoms with Gasteiger partial charge in [-0.25, -0.2) is 9.37 Å². The second kappa shape index (κ2) is 10.2. The smallest absolute Gasteiger partial charge is 0.254 e. The predicted octanol–water partition coefficient (Wildman–Crippen LogP) is 2.65. The Balaban J connectivity index is 1.47. The maximum Gasteiger partial charge on any atom is 0.254 e. The van der Waals surface area contributed by atoms with Gasteiger partial charge in [0.15, 0.2) is 5.96 Å². The summed E-state index contributed by atoms with van der Waals surface area (Å²) >= 11 is 0. The summed E-state index contributed by atoms with van der Waals surface area (Å²) in [6.45, 7) is 1.32. The van der Waals surface area contributed by atoms with Gasteiger partial charge in [0.1, 0.15) is 11.6 Å². The molecule has 0 saturated carbocycles. The third-order valence-electron chi connectivity index (χ3n) is 4.49. The average molecular weight is 408 g/mol. The molecule has 0 aliphatic carbocycles. The second-order valence-corrected chi connectivity index (χ2v) is 6.68. The number of nitrogens with zero attached hydrogens (tertiary/aromatic N) is 3. The Morgan fingerprint density at radius 1 is 1.10 bits per heavy atom. The lowest BCUT2D eigenvalue weighted by molar-refractivity contribution is 0.0950. The Labute approximate surface area is 175 Å². The van der Waals surface area contributed by atoms with Gasteiger partial charge in [-0.3, -0.25) is 9.79 Å². The quantitative estimate of drug-likeness (QED) is 0.319. The Bertz CT molecular complexity index is 1000. The predicted molar refractivity (Wildman–Crippen MR) is 116 cm³/mol. The first-order valence-corrected chi connectivity index (χ1v) is 9.62. The monoisotopic (exact) mass is 408 g/mol. The van der Waals surface area contributed by atoms with Gasteiger partial charge in [-0.05, 0) is 17.7 Å². The molecule has 3 aromatic rings. The molecule has 0 aliphatic rings. The van der Waals surface area contributed by atoms with E-state index in [0.29, 0.717) is 25.6 Å². The first kappa shape index (κ1) is 21.0. The molecule has 0 bridgehead atoms. The Hall–Kier alpha value is -3.68. The molecular formula is C22H25FN6O. The molecule has 0 spiro atoms. The van der Waals surface area contributed by atoms with E-state index in [-0.39, 0.29) is 5.56 Å². The largest absolute Gasteiger partial charge is 0.354 e. The highest BCUT2D eigenvalue weighted by Crippen LogP contribution is 2.16. The zero-order valence-electron chi connectivity index (χ0n) is 17.0. The lowest BCUT2D eigenvalue weighted by atomic mass is 10.2. The Morgan fingerprint density at radius 3 is 2.53 bits per heavy atom. The van der Waals surface area contributed by atoms with Crippen LogP contribution >= 0.6 is 0 Å². The van der Waals surface area contributed by atoms with Crippen molar-refractivity contribution in [2.24, 2.45) is 4.99 Å². The lowest BCUT2D eigenvalue weighted by Gasteiger charge is -2.21. The third-order valence-corrected chi connectivity index (χ3v) is 4.49. The molecule has 0 unspecified atom stereocenters. The fourth-order valence-electron chi connectivity index (χ4n) is 2.98. The number of aromatic amines is 1. The minimum atomic E-state index is -0.535. The topological polar surface area (TPSA) is 85.4 Å². The summed E-state index contributed by atoms with van der Waals surface area (Å²) in [5, 5.41) is 5.87. The van der Waals surface area contributed by atoms with Crippen molar-refractivity contribution in [1.29, 1.82) is 0 Å². The number of amides is 1. The summed E-state index contributed by atoms with van der Waals surface area (Å²) in [4.78, 5) is 26.0. The van der Waals surface area contributed by atoms with E-state index in [9.17, 15) is 9.18 Å². The van der Waals surface area contributed by atoms with Gasteiger partial charge in [0, 0.05) is 27.2 Å². The van der Waals surface area contributed by atoms with Gasteiger partial charge in [0.25, 0.3) is 5.91 Å². The number of nitrogens with one attached hydrogen (secondary N) is 3. The van der Waals surface area contributed by atoms with Crippen molar-refractivity contribution in [1.82, 2.24) is 25.5 Å². The number of aromatic nitrogens is 2. The molecule has 0 saturated heterocycles. The molecule has 1 amide bonds. The number of guanidine groups is 1. The number of hydrogen-bond donors (Lipinski definition) is 3. The summed E-state index contributed by atoms with van der Waals surface area (Å²) < 4.78 is 13.6. The number of carbonyl (C=O) groups excluding carboxylic acids is 1. The van der Waals surface area contributed by atoms with Crippen molar-refractivity contribution in [3.63, 3.8) is 0 Å². The molecule has 2 aromatic carbocycles. The summed E-state index contributed by atoms with van der Waals surface area (Å²) in [5.74, 6) is 0.494. The van der Waals surface area contributed by atoms with Crippen LogP contribution in [0.5, 0.6) is 0 Å². The van der Waals surface area contributed by atoms with Gasteiger partial charge < -0.3 is 20.5 Å². The van der Waals surface area contributed by atoms with Crippen LogP contribution in [0.4, 0.5) is 4.39 Å². The maximum atomic E-state index is 13.6. The van der Waals surface area contributed by atoms with E-state index in [1.807, 2.05) is 48.5 Å². The van der Waals surface area contributed by atoms with Crippen molar-refractivity contribution < 1.29 is 9.18 Å². The molecule has 8 heteroatoms. The Kier molecular flexibility index (Phi) is 7.15. The normalized spacial score (nSPS) is 11.2. The molecule has 156 valence electrons. The minimum absolute atomic E-state index is 0.0334. The third kappa shape index (κ3) is 5.44. The fraction of sp³-hybridized carbons (Fsp3) is 0.227. The van der Waals surface area contributed by atoms with Gasteiger partial charge in [-0.15, -0.1) is 0 Å². The molecular weight excluding hydrogens is 383 g/mol. The van der Waals surface area contributed by atoms with Gasteiger partial charge in [-0.2, -0.15) is 0 Å². The highest BCUT2D eigenvalue weighted by atomic mass is 19.1. The van der Waals surface area contributed by atoms with Crippen LogP contribution in [-0.4, -0.2) is 53.9 Å². The van der Waals surface area contributed by atoms with Crippen molar-refractivity contribution in [3.8, 4) is 11.3 Å². The molecule has 30 heavy (non-hydrogen) atoms. The molecule has 0 radical (unpaired) electrons. The number of H-pyrrole nitrogens is 1. The highest BCUT2D eigenvalue weighted by Gasteiger charge is 2.12. The number of imidazole rings is 1. The molecule has 0 aliphatic heterocycles. The van der Waals surface area contributed by atoms with Crippen LogP contribution in [0.2, 0.25) is 0 Å². The second-order valence-electron chi connectivity index (χ2n) is 6.68. The number of carbonyl (C=O) groups is 1. The van der Waals surface area contributed by atoms with Crippen LogP contribution in [0.25, 0.3) is 11.3 Å². The zero-order chi connectivity index (χ0) is 21.3. The molecule has 7 nitrogen and oxygen atoms in total. The van der Waals surface area contributed by atoms with E-state index in [1.54, 1.807) is 19.2 Å². The van der Waals surface area contributed by atoms with Crippen LogP contribution < -0.4 is 10.6 Å². The van der Waals surface area contributed by atoms with E-state index in [2.05, 4.69) is 25.6 Å². The summed E-state index contributed by atoms with van der Waals surface area (Å²) in [6, 6.07) is 15.9. The number of halogens is 1. The van der Waals surface area contributed by atoms with Gasteiger partial charge in [-0.1, -0.05) is 42.5 Å². The van der Waals surface area contributed by atoms with E-state index >= 15 is 0 Å². The van der Waals surface area contributed by atoms with Crippen molar-refractivity contribution in [3.05, 3.63) is 78.0 Å². The summed E-state index contributed by atoms with van der Waals surface area (Å²) in [7, 11) is 3.59. The van der Waals surface area contributed by atoms with Crippen LogP contribution in [0, 0.1) is 5.82 Å². The van der Waals surface area contributed by atoms with Crippen molar-refractivity contribution in [2.75, 3.05) is 27.2 Å². The van der Waals surface area contributed by atoms with Gasteiger partial charge in [0.05, 0.1) is 24.0 Å². The van der Waals surface area contributed by atoms with E-state index in [4.69, 9.17) is 0 Å². The van der Waals surface area contributed by atoms with E-state index in [0.717, 1.165) is 17.1 Å². The molecule has 0 fully saturated rings.